The Kier molecular flexibility index (Phi) is 3.10. The number of amides is 2. The third kappa shape index (κ3) is 2.28. The average molecular weight is 267 g/mol. The number of rotatable bonds is 2. The van der Waals surface area contributed by atoms with Crippen LogP contribution in [0.4, 0.5) is 13.6 Å². The van der Waals surface area contributed by atoms with E-state index < -0.39 is 11.6 Å². The van der Waals surface area contributed by atoms with Crippen molar-refractivity contribution in [2.45, 2.75) is 12.6 Å². The normalized spacial score (nSPS) is 22.8. The summed E-state index contributed by atoms with van der Waals surface area (Å²) in [6, 6.07) is 3.56. The molecule has 3 rings (SSSR count). The van der Waals surface area contributed by atoms with E-state index in [2.05, 4.69) is 5.32 Å². The number of piperazine rings is 1. The first-order valence-corrected chi connectivity index (χ1v) is 6.35. The molecule has 0 aromatic heterocycles. The van der Waals surface area contributed by atoms with Gasteiger partial charge in [0.15, 0.2) is 0 Å². The van der Waals surface area contributed by atoms with Gasteiger partial charge >= 0.3 is 6.03 Å². The van der Waals surface area contributed by atoms with Crippen LogP contribution in [0, 0.1) is 11.6 Å². The number of halogens is 2. The highest BCUT2D eigenvalue weighted by Gasteiger charge is 2.38. The number of nitrogens with zero attached hydrogens (tertiary/aromatic N) is 2. The molecule has 2 fully saturated rings. The summed E-state index contributed by atoms with van der Waals surface area (Å²) < 4.78 is 26.4. The Bertz CT molecular complexity index is 509. The Hall–Kier alpha value is -1.69. The molecule has 0 saturated carbocycles. The molecule has 1 atom stereocenters. The summed E-state index contributed by atoms with van der Waals surface area (Å²) in [7, 11) is 0. The maximum atomic E-state index is 13.6. The number of nitrogens with one attached hydrogen (secondary N) is 1. The summed E-state index contributed by atoms with van der Waals surface area (Å²) in [4.78, 5) is 15.6. The lowest BCUT2D eigenvalue weighted by atomic mass is 10.2. The second kappa shape index (κ2) is 4.77. The topological polar surface area (TPSA) is 35.6 Å². The van der Waals surface area contributed by atoms with Crippen LogP contribution in [-0.4, -0.2) is 48.1 Å². The van der Waals surface area contributed by atoms with E-state index in [4.69, 9.17) is 0 Å². The molecular formula is C13H15F2N3O. The highest BCUT2D eigenvalue weighted by Crippen LogP contribution is 2.21. The number of benzene rings is 1. The highest BCUT2D eigenvalue weighted by atomic mass is 19.1. The molecule has 1 unspecified atom stereocenters. The van der Waals surface area contributed by atoms with Gasteiger partial charge in [-0.1, -0.05) is 6.07 Å². The number of hydrogen-bond donors (Lipinski definition) is 1. The minimum absolute atomic E-state index is 0.0600. The summed E-state index contributed by atoms with van der Waals surface area (Å²) in [6.07, 6.45) is 0. The number of hydrogen-bond acceptors (Lipinski definition) is 2. The van der Waals surface area contributed by atoms with Gasteiger partial charge in [0.1, 0.15) is 11.6 Å². The largest absolute Gasteiger partial charge is 0.320 e. The zero-order valence-corrected chi connectivity index (χ0v) is 10.4. The van der Waals surface area contributed by atoms with Crippen molar-refractivity contribution in [1.82, 2.24) is 15.1 Å². The van der Waals surface area contributed by atoms with Crippen molar-refractivity contribution >= 4 is 6.03 Å². The van der Waals surface area contributed by atoms with Gasteiger partial charge in [-0.25, -0.2) is 13.6 Å². The van der Waals surface area contributed by atoms with Crippen molar-refractivity contribution in [1.29, 1.82) is 0 Å². The fourth-order valence-corrected chi connectivity index (χ4v) is 2.68. The Morgan fingerprint density at radius 3 is 2.95 bits per heavy atom. The van der Waals surface area contributed by atoms with E-state index in [1.807, 2.05) is 4.90 Å². The van der Waals surface area contributed by atoms with Gasteiger partial charge in [-0.2, -0.15) is 0 Å². The molecule has 1 aromatic rings. The molecule has 2 saturated heterocycles. The molecule has 0 spiro atoms. The van der Waals surface area contributed by atoms with E-state index in [0.717, 1.165) is 19.2 Å². The first-order chi connectivity index (χ1) is 9.15. The molecule has 0 bridgehead atoms. The van der Waals surface area contributed by atoms with Crippen molar-refractivity contribution in [2.75, 3.05) is 26.2 Å². The van der Waals surface area contributed by atoms with Crippen LogP contribution in [0.2, 0.25) is 0 Å². The lowest BCUT2D eigenvalue weighted by Crippen LogP contribution is -2.49. The smallest absolute Gasteiger partial charge is 0.318 e. The molecule has 2 heterocycles. The van der Waals surface area contributed by atoms with Gasteiger partial charge in [0.25, 0.3) is 0 Å². The zero-order valence-electron chi connectivity index (χ0n) is 10.4. The summed E-state index contributed by atoms with van der Waals surface area (Å²) in [6.45, 7) is 3.03. The quantitative estimate of drug-likeness (QED) is 0.873. The Labute approximate surface area is 110 Å². The van der Waals surface area contributed by atoms with E-state index in [0.29, 0.717) is 18.7 Å². The van der Waals surface area contributed by atoms with E-state index in [1.165, 1.54) is 12.1 Å². The monoisotopic (exact) mass is 267 g/mol. The van der Waals surface area contributed by atoms with Gasteiger partial charge in [0.05, 0.1) is 12.6 Å². The van der Waals surface area contributed by atoms with Crippen LogP contribution in [0.3, 0.4) is 0 Å². The molecule has 102 valence electrons. The number of urea groups is 1. The van der Waals surface area contributed by atoms with E-state index in [9.17, 15) is 13.6 Å². The number of carbonyl (C=O) groups is 1. The molecule has 0 radical (unpaired) electrons. The van der Waals surface area contributed by atoms with Crippen LogP contribution in [0.5, 0.6) is 0 Å². The molecule has 4 nitrogen and oxygen atoms in total. The minimum atomic E-state index is -0.601. The predicted molar refractivity (Wildman–Crippen MR) is 65.5 cm³/mol. The van der Waals surface area contributed by atoms with Gasteiger partial charge in [-0.15, -0.1) is 0 Å². The molecule has 2 aliphatic rings. The van der Waals surface area contributed by atoms with Gasteiger partial charge in [0.2, 0.25) is 0 Å². The second-order valence-electron chi connectivity index (χ2n) is 4.95. The summed E-state index contributed by atoms with van der Waals surface area (Å²) in [5.74, 6) is -1.20. The molecule has 0 aliphatic carbocycles. The number of fused-ring (bicyclic) bond motifs is 1. The average Bonchev–Trinajstić information content (AvgIpc) is 2.70. The standard InChI is InChI=1S/C13H15F2N3O/c14-10-2-1-9(12(15)5-10)7-17-8-11-6-16-3-4-18(11)13(17)19/h1-2,5,11,16H,3-4,6-8H2. The van der Waals surface area contributed by atoms with Crippen LogP contribution >= 0.6 is 0 Å². The lowest BCUT2D eigenvalue weighted by molar-refractivity contribution is 0.178. The first kappa shape index (κ1) is 12.3. The fraction of sp³-hybridized carbons (Fsp3) is 0.462. The maximum Gasteiger partial charge on any atom is 0.320 e. The molecule has 1 aromatic carbocycles. The number of carbonyl (C=O) groups excluding carboxylic acids is 1. The SMILES string of the molecule is O=C1N(Cc2ccc(F)cc2F)CC2CNCCN12. The van der Waals surface area contributed by atoms with Crippen LogP contribution in [0.1, 0.15) is 5.56 Å². The summed E-state index contributed by atoms with van der Waals surface area (Å²) in [5, 5.41) is 3.24. The Morgan fingerprint density at radius 1 is 1.37 bits per heavy atom. The second-order valence-corrected chi connectivity index (χ2v) is 4.95. The first-order valence-electron chi connectivity index (χ1n) is 6.35. The molecule has 6 heteroatoms. The zero-order chi connectivity index (χ0) is 13.4. The van der Waals surface area contributed by atoms with Gasteiger partial charge in [-0.05, 0) is 6.07 Å². The van der Waals surface area contributed by atoms with Gasteiger partial charge in [0, 0.05) is 37.8 Å². The fourth-order valence-electron chi connectivity index (χ4n) is 2.68. The van der Waals surface area contributed by atoms with Crippen LogP contribution < -0.4 is 5.32 Å². The minimum Gasteiger partial charge on any atom is -0.318 e. The van der Waals surface area contributed by atoms with Crippen LogP contribution in [0.25, 0.3) is 0 Å². The molecule has 19 heavy (non-hydrogen) atoms. The maximum absolute atomic E-state index is 13.6. The van der Waals surface area contributed by atoms with E-state index in [1.54, 1.807) is 4.90 Å². The molecule has 2 amide bonds. The van der Waals surface area contributed by atoms with Gasteiger partial charge < -0.3 is 15.1 Å². The summed E-state index contributed by atoms with van der Waals surface area (Å²) >= 11 is 0. The predicted octanol–water partition coefficient (Wildman–Crippen LogP) is 1.17. The highest BCUT2D eigenvalue weighted by molar-refractivity contribution is 5.77. The van der Waals surface area contributed by atoms with Crippen molar-refractivity contribution in [3.8, 4) is 0 Å². The van der Waals surface area contributed by atoms with E-state index in [-0.39, 0.29) is 18.6 Å². The van der Waals surface area contributed by atoms with Crippen molar-refractivity contribution in [2.24, 2.45) is 0 Å². The van der Waals surface area contributed by atoms with Crippen molar-refractivity contribution in [3.05, 3.63) is 35.4 Å². The van der Waals surface area contributed by atoms with Crippen LogP contribution in [-0.2, 0) is 6.54 Å². The van der Waals surface area contributed by atoms with Crippen LogP contribution in [0.15, 0.2) is 18.2 Å². The lowest BCUT2D eigenvalue weighted by Gasteiger charge is -2.28. The van der Waals surface area contributed by atoms with Crippen molar-refractivity contribution < 1.29 is 13.6 Å². The Balaban J connectivity index is 1.75. The van der Waals surface area contributed by atoms with E-state index >= 15 is 0 Å². The molecular weight excluding hydrogens is 252 g/mol. The molecule has 2 aliphatic heterocycles. The Morgan fingerprint density at radius 2 is 2.21 bits per heavy atom. The van der Waals surface area contributed by atoms with Gasteiger partial charge in [-0.3, -0.25) is 0 Å². The summed E-state index contributed by atoms with van der Waals surface area (Å²) in [5.41, 5.74) is 0.350. The third-order valence-electron chi connectivity index (χ3n) is 3.67. The molecule has 1 N–H and O–H groups in total. The van der Waals surface area contributed by atoms with Crippen molar-refractivity contribution in [3.63, 3.8) is 0 Å². The third-order valence-corrected chi connectivity index (χ3v) is 3.67.